The van der Waals surface area contributed by atoms with Crippen LogP contribution in [0.5, 0.6) is 0 Å². The summed E-state index contributed by atoms with van der Waals surface area (Å²) in [7, 11) is -1.35. The molecule has 160 valence electrons. The van der Waals surface area contributed by atoms with E-state index in [2.05, 4.69) is 91.9 Å². The molecule has 0 aliphatic heterocycles. The van der Waals surface area contributed by atoms with Gasteiger partial charge in [0.2, 0.25) is 0 Å². The van der Waals surface area contributed by atoms with Gasteiger partial charge in [0.15, 0.2) is 0 Å². The number of hydrogen-bond acceptors (Lipinski definition) is 2. The molecular weight excluding hydrogens is 384 g/mol. The maximum Gasteiger partial charge on any atom is 0.133 e. The zero-order valence-electron chi connectivity index (χ0n) is 19.5. The molecule has 0 unspecified atom stereocenters. The van der Waals surface area contributed by atoms with Crippen LogP contribution in [0.1, 0.15) is 47.1 Å². The second-order valence-electron chi connectivity index (χ2n) is 9.50. The summed E-state index contributed by atoms with van der Waals surface area (Å²) < 4.78 is 0. The van der Waals surface area contributed by atoms with Gasteiger partial charge in [0.05, 0.1) is 11.2 Å². The Morgan fingerprint density at radius 3 is 1.27 bits per heavy atom. The minimum atomic E-state index is -1.35. The largest absolute Gasteiger partial charge is 0.230 e. The molecule has 3 aromatic carbocycles. The van der Waals surface area contributed by atoms with Crippen LogP contribution in [-0.4, -0.2) is 20.0 Å². The Morgan fingerprint density at radius 1 is 0.533 bits per heavy atom. The smallest absolute Gasteiger partial charge is 0.133 e. The molecule has 3 aromatic rings. The summed E-state index contributed by atoms with van der Waals surface area (Å²) in [4.78, 5) is 10.2. The third-order valence-electron chi connectivity index (χ3n) is 4.31. The molecule has 0 atom stereocenters. The quantitative estimate of drug-likeness (QED) is 0.262. The summed E-state index contributed by atoms with van der Waals surface area (Å²) in [6.07, 6.45) is 0. The first kappa shape index (κ1) is 24.1. The van der Waals surface area contributed by atoms with Crippen LogP contribution in [0.25, 0.3) is 0 Å². The summed E-state index contributed by atoms with van der Waals surface area (Å²) in [6.45, 7) is 14.0. The molecule has 0 aromatic heterocycles. The third kappa shape index (κ3) is 8.27. The van der Waals surface area contributed by atoms with Crippen molar-refractivity contribution in [2.75, 3.05) is 0 Å². The number of aryl methyl sites for hydroxylation is 1. The van der Waals surface area contributed by atoms with Crippen molar-refractivity contribution in [3.8, 4) is 0 Å². The lowest BCUT2D eigenvalue weighted by molar-refractivity contribution is -0.393. The second kappa shape index (κ2) is 10.7. The van der Waals surface area contributed by atoms with Gasteiger partial charge in [-0.3, -0.25) is 0 Å². The minimum Gasteiger partial charge on any atom is -0.230 e. The van der Waals surface area contributed by atoms with Gasteiger partial charge in [-0.25, -0.2) is 9.78 Å². The molecule has 0 fully saturated rings. The van der Waals surface area contributed by atoms with Crippen molar-refractivity contribution < 1.29 is 9.78 Å². The summed E-state index contributed by atoms with van der Waals surface area (Å²) in [6, 6.07) is 30.7. The predicted molar refractivity (Wildman–Crippen MR) is 132 cm³/mol. The molecule has 0 spiro atoms. The summed E-state index contributed by atoms with van der Waals surface area (Å²) in [5.41, 5.74) is 0.970. The molecule has 2 nitrogen and oxygen atoms in total. The van der Waals surface area contributed by atoms with Crippen LogP contribution >= 0.6 is 0 Å². The fourth-order valence-electron chi connectivity index (χ4n) is 3.00. The fraction of sp³-hybridized carbons (Fsp3) is 0.333. The molecule has 0 heterocycles. The number of hydrogen-bond donors (Lipinski definition) is 0. The van der Waals surface area contributed by atoms with E-state index in [1.807, 2.05) is 41.5 Å². The van der Waals surface area contributed by atoms with E-state index in [-0.39, 0.29) is 11.2 Å². The predicted octanol–water partition coefficient (Wildman–Crippen LogP) is 4.78. The highest BCUT2D eigenvalue weighted by Gasteiger charge is 2.20. The van der Waals surface area contributed by atoms with Gasteiger partial charge < -0.3 is 0 Å². The maximum atomic E-state index is 5.09. The Hall–Kier alpha value is -2.20. The van der Waals surface area contributed by atoms with Gasteiger partial charge in [-0.1, -0.05) is 101 Å². The van der Waals surface area contributed by atoms with Crippen molar-refractivity contribution >= 4 is 24.4 Å². The van der Waals surface area contributed by atoms with E-state index in [0.29, 0.717) is 0 Å². The van der Waals surface area contributed by atoms with Gasteiger partial charge in [-0.05, 0) is 53.7 Å². The van der Waals surface area contributed by atoms with E-state index < -0.39 is 8.80 Å². The fourth-order valence-corrected chi connectivity index (χ4v) is 6.18. The molecule has 0 bridgehead atoms. The van der Waals surface area contributed by atoms with Crippen molar-refractivity contribution in [3.63, 3.8) is 0 Å². The number of benzene rings is 3. The topological polar surface area (TPSA) is 18.5 Å². The second-order valence-corrected chi connectivity index (χ2v) is 12.3. The molecule has 0 saturated heterocycles. The Labute approximate surface area is 184 Å². The standard InChI is InChI=1S/C19H18Si.C8H18O2/c1-16-10-8-9-15-19(16)20(17-11-4-2-5-12-17)18-13-6-3-7-14-18;1-7(2,3)9-10-8(4,5)6/h2-15,20H,1H3;1-6H3. The van der Waals surface area contributed by atoms with Crippen LogP contribution in [0.3, 0.4) is 0 Å². The first-order chi connectivity index (χ1) is 14.1. The van der Waals surface area contributed by atoms with Gasteiger partial charge in [-0.2, -0.15) is 0 Å². The molecule has 0 aliphatic rings. The first-order valence-corrected chi connectivity index (χ1v) is 12.3. The lowest BCUT2D eigenvalue weighted by Gasteiger charge is -2.24. The lowest BCUT2D eigenvalue weighted by Crippen LogP contribution is -2.52. The van der Waals surface area contributed by atoms with Crippen molar-refractivity contribution in [2.24, 2.45) is 0 Å². The van der Waals surface area contributed by atoms with Gasteiger partial charge in [0.1, 0.15) is 8.80 Å². The van der Waals surface area contributed by atoms with E-state index in [0.717, 1.165) is 0 Å². The maximum absolute atomic E-state index is 5.09. The van der Waals surface area contributed by atoms with Crippen LogP contribution in [0.4, 0.5) is 0 Å². The van der Waals surface area contributed by atoms with Crippen molar-refractivity contribution in [1.29, 1.82) is 0 Å². The zero-order valence-corrected chi connectivity index (χ0v) is 20.6. The molecule has 0 N–H and O–H groups in total. The first-order valence-electron chi connectivity index (χ1n) is 10.6. The van der Waals surface area contributed by atoms with Crippen molar-refractivity contribution in [1.82, 2.24) is 0 Å². The number of rotatable bonds is 4. The van der Waals surface area contributed by atoms with Crippen molar-refractivity contribution in [2.45, 2.75) is 59.7 Å². The highest BCUT2D eigenvalue weighted by Crippen LogP contribution is 2.14. The van der Waals surface area contributed by atoms with Gasteiger partial charge in [0, 0.05) is 0 Å². The molecule has 0 aliphatic carbocycles. The average molecular weight is 421 g/mol. The molecule has 30 heavy (non-hydrogen) atoms. The summed E-state index contributed by atoms with van der Waals surface area (Å²) in [5.74, 6) is 0. The van der Waals surface area contributed by atoms with Crippen LogP contribution in [-0.2, 0) is 9.78 Å². The Morgan fingerprint density at radius 2 is 0.900 bits per heavy atom. The van der Waals surface area contributed by atoms with Gasteiger partial charge in [0.25, 0.3) is 0 Å². The monoisotopic (exact) mass is 420 g/mol. The normalized spacial score (nSPS) is 11.7. The zero-order chi connectivity index (χ0) is 22.2. The summed E-state index contributed by atoms with van der Waals surface area (Å²) in [5, 5.41) is 4.48. The van der Waals surface area contributed by atoms with Gasteiger partial charge >= 0.3 is 0 Å². The molecule has 3 rings (SSSR count). The molecule has 0 amide bonds. The van der Waals surface area contributed by atoms with Crippen LogP contribution in [0, 0.1) is 6.92 Å². The Balaban J connectivity index is 0.000000274. The SMILES string of the molecule is CC(C)(C)OOC(C)(C)C.Cc1ccccc1[SiH](c1ccccc1)c1ccccc1. The summed E-state index contributed by atoms with van der Waals surface area (Å²) >= 11 is 0. The minimum absolute atomic E-state index is 0.215. The highest BCUT2D eigenvalue weighted by atomic mass is 28.3. The molecular formula is C27H36O2Si. The van der Waals surface area contributed by atoms with Gasteiger partial charge in [-0.15, -0.1) is 0 Å². The molecule has 0 radical (unpaired) electrons. The molecule has 3 heteroatoms. The van der Waals surface area contributed by atoms with Crippen molar-refractivity contribution in [3.05, 3.63) is 90.5 Å². The Kier molecular flexibility index (Phi) is 8.60. The Bertz CT molecular complexity index is 824. The average Bonchev–Trinajstić information content (AvgIpc) is 2.69. The van der Waals surface area contributed by atoms with Crippen LogP contribution in [0.15, 0.2) is 84.9 Å². The van der Waals surface area contributed by atoms with Crippen LogP contribution < -0.4 is 15.6 Å². The van der Waals surface area contributed by atoms with E-state index in [1.165, 1.54) is 21.1 Å². The van der Waals surface area contributed by atoms with E-state index in [9.17, 15) is 0 Å². The van der Waals surface area contributed by atoms with E-state index >= 15 is 0 Å². The molecule has 0 saturated carbocycles. The lowest BCUT2D eigenvalue weighted by atomic mass is 10.2. The van der Waals surface area contributed by atoms with E-state index in [1.54, 1.807) is 0 Å². The van der Waals surface area contributed by atoms with Crippen LogP contribution in [0.2, 0.25) is 0 Å². The van der Waals surface area contributed by atoms with E-state index in [4.69, 9.17) is 9.78 Å². The third-order valence-corrected chi connectivity index (χ3v) is 7.68. The highest BCUT2D eigenvalue weighted by molar-refractivity contribution is 6.95.